The van der Waals surface area contributed by atoms with E-state index in [1.165, 1.54) is 0 Å². The topological polar surface area (TPSA) is 67.8 Å². The molecule has 1 amide bonds. The minimum Gasteiger partial charge on any atom is -0.481 e. The van der Waals surface area contributed by atoms with Crippen molar-refractivity contribution in [2.24, 2.45) is 0 Å². The van der Waals surface area contributed by atoms with Crippen LogP contribution in [0.4, 0.5) is 0 Å². The smallest absolute Gasteiger partial charge is 0.260 e. The molecule has 2 N–H and O–H groups in total. The number of rotatable bonds is 8. The van der Waals surface area contributed by atoms with E-state index in [0.29, 0.717) is 23.8 Å². The lowest BCUT2D eigenvalue weighted by Gasteiger charge is -2.24. The third kappa shape index (κ3) is 6.80. The van der Waals surface area contributed by atoms with E-state index in [-0.39, 0.29) is 12.5 Å². The predicted molar refractivity (Wildman–Crippen MR) is 81.7 cm³/mol. The van der Waals surface area contributed by atoms with Crippen LogP contribution in [0.15, 0.2) is 24.3 Å². The van der Waals surface area contributed by atoms with Gasteiger partial charge in [0.05, 0.1) is 5.60 Å². The highest BCUT2D eigenvalue weighted by Crippen LogP contribution is 2.18. The molecule has 118 valence electrons. The van der Waals surface area contributed by atoms with Gasteiger partial charge in [-0.1, -0.05) is 17.7 Å². The second kappa shape index (κ2) is 8.22. The molecule has 5 nitrogen and oxygen atoms in total. The van der Waals surface area contributed by atoms with Crippen LogP contribution in [0.2, 0.25) is 5.02 Å². The van der Waals surface area contributed by atoms with Gasteiger partial charge in [0.15, 0.2) is 6.10 Å². The molecule has 0 bridgehead atoms. The lowest BCUT2D eigenvalue weighted by molar-refractivity contribution is -0.128. The van der Waals surface area contributed by atoms with Crippen LogP contribution in [-0.2, 0) is 9.53 Å². The summed E-state index contributed by atoms with van der Waals surface area (Å²) in [7, 11) is 1.57. The van der Waals surface area contributed by atoms with Crippen LogP contribution in [0.5, 0.6) is 5.75 Å². The number of carbonyl (C=O) groups is 1. The van der Waals surface area contributed by atoms with Gasteiger partial charge in [-0.2, -0.15) is 0 Å². The molecule has 21 heavy (non-hydrogen) atoms. The van der Waals surface area contributed by atoms with Gasteiger partial charge in [-0.15, -0.1) is 0 Å². The second-order valence-electron chi connectivity index (χ2n) is 5.17. The molecular weight excluding hydrogens is 294 g/mol. The van der Waals surface area contributed by atoms with E-state index < -0.39 is 11.7 Å². The van der Waals surface area contributed by atoms with E-state index in [0.717, 1.165) is 0 Å². The standard InChI is InChI=1S/C15H22ClNO4/c1-11(21-13-6-4-5-12(16)9-13)14(18)17-10-15(2,19)7-8-20-3/h4-6,9,11,19H,7-8,10H2,1-3H3,(H,17,18). The van der Waals surface area contributed by atoms with Gasteiger partial charge in [0.2, 0.25) is 0 Å². The van der Waals surface area contributed by atoms with Crippen molar-refractivity contribution < 1.29 is 19.4 Å². The maximum absolute atomic E-state index is 11.9. The Hall–Kier alpha value is -1.30. The molecule has 6 heteroatoms. The van der Waals surface area contributed by atoms with Gasteiger partial charge in [-0.3, -0.25) is 4.79 Å². The van der Waals surface area contributed by atoms with Crippen molar-refractivity contribution in [3.63, 3.8) is 0 Å². The van der Waals surface area contributed by atoms with E-state index in [1.54, 1.807) is 45.2 Å². The van der Waals surface area contributed by atoms with Crippen molar-refractivity contribution in [3.8, 4) is 5.75 Å². The third-order valence-electron chi connectivity index (χ3n) is 2.97. The molecular formula is C15H22ClNO4. The first-order valence-corrected chi connectivity index (χ1v) is 7.13. The average molecular weight is 316 g/mol. The van der Waals surface area contributed by atoms with Gasteiger partial charge in [0.1, 0.15) is 5.75 Å². The van der Waals surface area contributed by atoms with Crippen LogP contribution in [0.25, 0.3) is 0 Å². The van der Waals surface area contributed by atoms with E-state index in [1.807, 2.05) is 0 Å². The molecule has 0 aromatic heterocycles. The summed E-state index contributed by atoms with van der Waals surface area (Å²) < 4.78 is 10.4. The summed E-state index contributed by atoms with van der Waals surface area (Å²) in [4.78, 5) is 11.9. The summed E-state index contributed by atoms with van der Waals surface area (Å²) in [6.45, 7) is 3.85. The zero-order chi connectivity index (χ0) is 15.9. The Labute approximate surface area is 130 Å². The highest BCUT2D eigenvalue weighted by Gasteiger charge is 2.23. The van der Waals surface area contributed by atoms with Gasteiger partial charge in [-0.25, -0.2) is 0 Å². The van der Waals surface area contributed by atoms with Gasteiger partial charge in [0, 0.05) is 31.7 Å². The van der Waals surface area contributed by atoms with Crippen LogP contribution in [-0.4, -0.2) is 43.0 Å². The first kappa shape index (κ1) is 17.8. The second-order valence-corrected chi connectivity index (χ2v) is 5.61. The van der Waals surface area contributed by atoms with E-state index in [4.69, 9.17) is 21.1 Å². The fourth-order valence-corrected chi connectivity index (χ4v) is 1.81. The summed E-state index contributed by atoms with van der Waals surface area (Å²) >= 11 is 5.85. The summed E-state index contributed by atoms with van der Waals surface area (Å²) in [5, 5.41) is 13.3. The van der Waals surface area contributed by atoms with Gasteiger partial charge in [0.25, 0.3) is 5.91 Å². The Bertz CT molecular complexity index is 465. The Balaban J connectivity index is 2.44. The number of amides is 1. The van der Waals surface area contributed by atoms with Gasteiger partial charge >= 0.3 is 0 Å². The minimum absolute atomic E-state index is 0.137. The number of ether oxygens (including phenoxy) is 2. The quantitative estimate of drug-likeness (QED) is 0.770. The zero-order valence-corrected chi connectivity index (χ0v) is 13.3. The van der Waals surface area contributed by atoms with Crippen molar-refractivity contribution in [1.82, 2.24) is 5.32 Å². The molecule has 0 aliphatic carbocycles. The number of aliphatic hydroxyl groups is 1. The molecule has 0 aliphatic rings. The molecule has 0 spiro atoms. The van der Waals surface area contributed by atoms with Crippen molar-refractivity contribution in [1.29, 1.82) is 0 Å². The predicted octanol–water partition coefficient (Wildman–Crippen LogP) is 2.01. The first-order valence-electron chi connectivity index (χ1n) is 6.75. The van der Waals surface area contributed by atoms with Crippen molar-refractivity contribution in [2.75, 3.05) is 20.3 Å². The van der Waals surface area contributed by atoms with E-state index in [2.05, 4.69) is 5.32 Å². The molecule has 1 aromatic rings. The van der Waals surface area contributed by atoms with Crippen LogP contribution in [0.1, 0.15) is 20.3 Å². The number of hydrogen-bond donors (Lipinski definition) is 2. The lowest BCUT2D eigenvalue weighted by Crippen LogP contribution is -2.45. The molecule has 2 unspecified atom stereocenters. The largest absolute Gasteiger partial charge is 0.481 e. The third-order valence-corrected chi connectivity index (χ3v) is 3.20. The molecule has 1 aromatic carbocycles. The van der Waals surface area contributed by atoms with Crippen LogP contribution >= 0.6 is 11.6 Å². The van der Waals surface area contributed by atoms with Crippen LogP contribution in [0, 0.1) is 0 Å². The molecule has 0 saturated carbocycles. The Morgan fingerprint density at radius 2 is 2.24 bits per heavy atom. The van der Waals surface area contributed by atoms with Gasteiger partial charge < -0.3 is 19.9 Å². The maximum atomic E-state index is 11.9. The van der Waals surface area contributed by atoms with Gasteiger partial charge in [-0.05, 0) is 32.0 Å². The number of carbonyl (C=O) groups excluding carboxylic acids is 1. The van der Waals surface area contributed by atoms with Crippen LogP contribution < -0.4 is 10.1 Å². The lowest BCUT2D eigenvalue weighted by atomic mass is 10.0. The molecule has 1 rings (SSSR count). The minimum atomic E-state index is -1.01. The highest BCUT2D eigenvalue weighted by molar-refractivity contribution is 6.30. The normalized spacial score (nSPS) is 15.1. The molecule has 0 heterocycles. The van der Waals surface area contributed by atoms with Crippen molar-refractivity contribution in [2.45, 2.75) is 32.0 Å². The molecule has 0 aliphatic heterocycles. The zero-order valence-electron chi connectivity index (χ0n) is 12.6. The van der Waals surface area contributed by atoms with Crippen molar-refractivity contribution in [3.05, 3.63) is 29.3 Å². The Kier molecular flexibility index (Phi) is 6.95. The molecule has 0 radical (unpaired) electrons. The summed E-state index contributed by atoms with van der Waals surface area (Å²) in [6, 6.07) is 6.84. The number of benzene rings is 1. The SMILES string of the molecule is COCCC(C)(O)CNC(=O)C(C)Oc1cccc(Cl)c1. The fraction of sp³-hybridized carbons (Fsp3) is 0.533. The summed E-state index contributed by atoms with van der Waals surface area (Å²) in [6.07, 6.45) is -0.241. The fourth-order valence-electron chi connectivity index (χ4n) is 1.63. The summed E-state index contributed by atoms with van der Waals surface area (Å²) in [5.41, 5.74) is -1.01. The first-order chi connectivity index (χ1) is 9.84. The maximum Gasteiger partial charge on any atom is 0.260 e. The van der Waals surface area contributed by atoms with Crippen molar-refractivity contribution >= 4 is 17.5 Å². The number of nitrogens with one attached hydrogen (secondary N) is 1. The van der Waals surface area contributed by atoms with E-state index in [9.17, 15) is 9.90 Å². The Morgan fingerprint density at radius 3 is 2.86 bits per heavy atom. The van der Waals surface area contributed by atoms with Crippen LogP contribution in [0.3, 0.4) is 0 Å². The van der Waals surface area contributed by atoms with E-state index >= 15 is 0 Å². The molecule has 2 atom stereocenters. The number of halogens is 1. The number of hydrogen-bond acceptors (Lipinski definition) is 4. The highest BCUT2D eigenvalue weighted by atomic mass is 35.5. The monoisotopic (exact) mass is 315 g/mol. The molecule has 0 fully saturated rings. The number of methoxy groups -OCH3 is 1. The Morgan fingerprint density at radius 1 is 1.52 bits per heavy atom. The molecule has 0 saturated heterocycles. The summed E-state index contributed by atoms with van der Waals surface area (Å²) in [5.74, 6) is 0.226. The average Bonchev–Trinajstić information content (AvgIpc) is 2.42.